The Hall–Kier alpha value is -3.53. The normalized spacial score (nSPS) is 9.73. The average Bonchev–Trinajstić information content (AvgIpc) is 2.66. The maximum Gasteiger partial charge on any atom is 0.251 e. The van der Waals surface area contributed by atoms with Crippen molar-refractivity contribution in [3.63, 3.8) is 0 Å². The number of methoxy groups -OCH3 is 2. The minimum absolute atomic E-state index is 0.208. The van der Waals surface area contributed by atoms with Crippen LogP contribution in [0, 0.1) is 11.3 Å². The molecule has 0 bridgehead atoms. The second-order valence-electron chi connectivity index (χ2n) is 5.34. The molecule has 0 aliphatic rings. The van der Waals surface area contributed by atoms with Crippen molar-refractivity contribution in [3.05, 3.63) is 53.6 Å². The van der Waals surface area contributed by atoms with Gasteiger partial charge in [0.2, 0.25) is 5.91 Å². The van der Waals surface area contributed by atoms with Gasteiger partial charge in [0.05, 0.1) is 20.3 Å². The minimum Gasteiger partial charge on any atom is -0.493 e. The second-order valence-corrected chi connectivity index (χ2v) is 5.34. The number of hydrogen-bond acceptors (Lipinski definition) is 5. The molecule has 0 radical (unpaired) electrons. The van der Waals surface area contributed by atoms with E-state index in [2.05, 4.69) is 10.6 Å². The van der Waals surface area contributed by atoms with Crippen LogP contribution in [0.1, 0.15) is 22.3 Å². The van der Waals surface area contributed by atoms with E-state index < -0.39 is 0 Å². The van der Waals surface area contributed by atoms with Gasteiger partial charge in [-0.3, -0.25) is 9.59 Å². The summed E-state index contributed by atoms with van der Waals surface area (Å²) in [5, 5.41) is 14.0. The van der Waals surface area contributed by atoms with Gasteiger partial charge in [-0.2, -0.15) is 5.26 Å². The molecule has 26 heavy (non-hydrogen) atoms. The fraction of sp³-hybridized carbons (Fsp3) is 0.211. The van der Waals surface area contributed by atoms with Crippen LogP contribution in [0.25, 0.3) is 0 Å². The van der Waals surface area contributed by atoms with E-state index in [1.54, 1.807) is 42.5 Å². The van der Waals surface area contributed by atoms with Crippen molar-refractivity contribution in [2.24, 2.45) is 0 Å². The van der Waals surface area contributed by atoms with Gasteiger partial charge >= 0.3 is 0 Å². The zero-order valence-corrected chi connectivity index (χ0v) is 14.5. The first kappa shape index (κ1) is 18.8. The SMILES string of the molecule is COc1ccc(C(=O)NCc2cccc(NC(=O)CC#N)c2)cc1OC. The summed E-state index contributed by atoms with van der Waals surface area (Å²) in [6, 6.07) is 13.8. The Morgan fingerprint density at radius 3 is 2.54 bits per heavy atom. The standard InChI is InChI=1S/C19H19N3O4/c1-25-16-7-6-14(11-17(16)26-2)19(24)21-12-13-4-3-5-15(10-13)22-18(23)8-9-20/h3-7,10-11H,8,12H2,1-2H3,(H,21,24)(H,22,23). The quantitative estimate of drug-likeness (QED) is 0.796. The maximum absolute atomic E-state index is 12.3. The number of rotatable bonds is 7. The molecule has 134 valence electrons. The summed E-state index contributed by atoms with van der Waals surface area (Å²) in [4.78, 5) is 23.8. The van der Waals surface area contributed by atoms with Crippen LogP contribution in [0.5, 0.6) is 11.5 Å². The highest BCUT2D eigenvalue weighted by Crippen LogP contribution is 2.27. The highest BCUT2D eigenvalue weighted by Gasteiger charge is 2.11. The first-order chi connectivity index (χ1) is 12.6. The Bertz CT molecular complexity index is 843. The van der Waals surface area contributed by atoms with Crippen molar-refractivity contribution in [1.82, 2.24) is 5.32 Å². The number of amides is 2. The molecule has 7 heteroatoms. The summed E-state index contributed by atoms with van der Waals surface area (Å²) in [5.74, 6) is 0.385. The summed E-state index contributed by atoms with van der Waals surface area (Å²) < 4.78 is 10.3. The Morgan fingerprint density at radius 2 is 1.85 bits per heavy atom. The third-order valence-electron chi connectivity index (χ3n) is 3.55. The molecule has 0 aromatic heterocycles. The Balaban J connectivity index is 2.01. The molecule has 0 aliphatic carbocycles. The summed E-state index contributed by atoms with van der Waals surface area (Å²) in [5.41, 5.74) is 1.83. The van der Waals surface area contributed by atoms with Crippen LogP contribution in [-0.4, -0.2) is 26.0 Å². The van der Waals surface area contributed by atoms with E-state index in [4.69, 9.17) is 14.7 Å². The Kier molecular flexibility index (Phi) is 6.57. The van der Waals surface area contributed by atoms with E-state index in [9.17, 15) is 9.59 Å². The number of hydrogen-bond donors (Lipinski definition) is 2. The van der Waals surface area contributed by atoms with Gasteiger partial charge in [-0.25, -0.2) is 0 Å². The summed E-state index contributed by atoms with van der Waals surface area (Å²) in [7, 11) is 3.03. The third kappa shape index (κ3) is 4.98. The van der Waals surface area contributed by atoms with E-state index >= 15 is 0 Å². The lowest BCUT2D eigenvalue weighted by Crippen LogP contribution is -2.23. The van der Waals surface area contributed by atoms with Gasteiger partial charge in [0.1, 0.15) is 6.42 Å². The first-order valence-corrected chi connectivity index (χ1v) is 7.83. The predicted molar refractivity (Wildman–Crippen MR) is 96.0 cm³/mol. The topological polar surface area (TPSA) is 100 Å². The molecule has 0 saturated carbocycles. The lowest BCUT2D eigenvalue weighted by Gasteiger charge is -2.11. The number of nitrogens with zero attached hydrogens (tertiary/aromatic N) is 1. The molecule has 0 fully saturated rings. The van der Waals surface area contributed by atoms with Crippen molar-refractivity contribution >= 4 is 17.5 Å². The molecule has 2 aromatic rings. The van der Waals surface area contributed by atoms with Crippen LogP contribution in [-0.2, 0) is 11.3 Å². The molecule has 0 heterocycles. The van der Waals surface area contributed by atoms with Crippen molar-refractivity contribution in [2.75, 3.05) is 19.5 Å². The van der Waals surface area contributed by atoms with Gasteiger partial charge in [0.15, 0.2) is 11.5 Å². The molecule has 2 rings (SSSR count). The Morgan fingerprint density at radius 1 is 1.08 bits per heavy atom. The van der Waals surface area contributed by atoms with Crippen LogP contribution >= 0.6 is 0 Å². The lowest BCUT2D eigenvalue weighted by molar-refractivity contribution is -0.115. The maximum atomic E-state index is 12.3. The number of nitriles is 1. The fourth-order valence-corrected chi connectivity index (χ4v) is 2.30. The fourth-order valence-electron chi connectivity index (χ4n) is 2.30. The van der Waals surface area contributed by atoms with Crippen molar-refractivity contribution < 1.29 is 19.1 Å². The molecule has 0 atom stereocenters. The van der Waals surface area contributed by atoms with Gasteiger partial charge in [-0.15, -0.1) is 0 Å². The van der Waals surface area contributed by atoms with E-state index in [0.29, 0.717) is 22.7 Å². The molecule has 0 aliphatic heterocycles. The van der Waals surface area contributed by atoms with Gasteiger partial charge < -0.3 is 20.1 Å². The molecule has 2 aromatic carbocycles. The molecule has 0 saturated heterocycles. The zero-order chi connectivity index (χ0) is 18.9. The number of carbonyl (C=O) groups excluding carboxylic acids is 2. The van der Waals surface area contributed by atoms with Crippen LogP contribution in [0.2, 0.25) is 0 Å². The average molecular weight is 353 g/mol. The number of ether oxygens (including phenoxy) is 2. The molecule has 2 amide bonds. The van der Waals surface area contributed by atoms with Crippen LogP contribution in [0.4, 0.5) is 5.69 Å². The molecular weight excluding hydrogens is 334 g/mol. The zero-order valence-electron chi connectivity index (χ0n) is 14.5. The molecule has 0 spiro atoms. The lowest BCUT2D eigenvalue weighted by atomic mass is 10.1. The highest BCUT2D eigenvalue weighted by atomic mass is 16.5. The first-order valence-electron chi connectivity index (χ1n) is 7.83. The number of carbonyl (C=O) groups is 2. The number of benzene rings is 2. The largest absolute Gasteiger partial charge is 0.493 e. The predicted octanol–water partition coefficient (Wildman–Crippen LogP) is 2.49. The van der Waals surface area contributed by atoms with E-state index in [1.807, 2.05) is 6.07 Å². The van der Waals surface area contributed by atoms with Crippen LogP contribution in [0.3, 0.4) is 0 Å². The van der Waals surface area contributed by atoms with Gasteiger partial charge in [0, 0.05) is 17.8 Å². The number of anilines is 1. The van der Waals surface area contributed by atoms with Crippen LogP contribution < -0.4 is 20.1 Å². The summed E-state index contributed by atoms with van der Waals surface area (Å²) >= 11 is 0. The van der Waals surface area contributed by atoms with Crippen molar-refractivity contribution in [2.45, 2.75) is 13.0 Å². The summed E-state index contributed by atoms with van der Waals surface area (Å²) in [6.07, 6.45) is -0.208. The van der Waals surface area contributed by atoms with Crippen molar-refractivity contribution in [3.8, 4) is 17.6 Å². The number of nitrogens with one attached hydrogen (secondary N) is 2. The van der Waals surface area contributed by atoms with E-state index in [0.717, 1.165) is 5.56 Å². The van der Waals surface area contributed by atoms with Crippen LogP contribution in [0.15, 0.2) is 42.5 Å². The second kappa shape index (κ2) is 9.08. The van der Waals surface area contributed by atoms with Gasteiger partial charge in [0.25, 0.3) is 5.91 Å². The van der Waals surface area contributed by atoms with E-state index in [1.165, 1.54) is 14.2 Å². The van der Waals surface area contributed by atoms with Crippen molar-refractivity contribution in [1.29, 1.82) is 5.26 Å². The Labute approximate surface area is 151 Å². The molecule has 2 N–H and O–H groups in total. The molecule has 7 nitrogen and oxygen atoms in total. The molecular formula is C19H19N3O4. The monoisotopic (exact) mass is 353 g/mol. The third-order valence-corrected chi connectivity index (χ3v) is 3.55. The highest BCUT2D eigenvalue weighted by molar-refractivity contribution is 5.95. The van der Waals surface area contributed by atoms with Gasteiger partial charge in [-0.1, -0.05) is 12.1 Å². The smallest absolute Gasteiger partial charge is 0.251 e. The summed E-state index contributed by atoms with van der Waals surface area (Å²) in [6.45, 7) is 0.287. The van der Waals surface area contributed by atoms with E-state index in [-0.39, 0.29) is 24.8 Å². The molecule has 0 unspecified atom stereocenters. The minimum atomic E-state index is -0.376. The van der Waals surface area contributed by atoms with Gasteiger partial charge in [-0.05, 0) is 35.9 Å².